The summed E-state index contributed by atoms with van der Waals surface area (Å²) in [5, 5.41) is 23.8. The molecule has 1 saturated carbocycles. The molecule has 0 radical (unpaired) electrons. The highest BCUT2D eigenvalue weighted by Crippen LogP contribution is 2.54. The van der Waals surface area contributed by atoms with E-state index in [0.29, 0.717) is 18.1 Å². The highest BCUT2D eigenvalue weighted by Gasteiger charge is 2.47. The van der Waals surface area contributed by atoms with E-state index in [4.69, 9.17) is 4.74 Å². The third-order valence-corrected chi connectivity index (χ3v) is 7.02. The van der Waals surface area contributed by atoms with Crippen LogP contribution >= 0.6 is 0 Å². The van der Waals surface area contributed by atoms with E-state index in [-0.39, 0.29) is 16.9 Å². The molecule has 156 valence electrons. The molecule has 2 atom stereocenters. The minimum absolute atomic E-state index is 0.00507. The number of phenols is 1. The summed E-state index contributed by atoms with van der Waals surface area (Å²) in [5.41, 5.74) is 2.56. The molecular formula is C24H37NO3. The number of benzene rings is 1. The number of fused-ring (bicyclic) bond motifs is 3. The van der Waals surface area contributed by atoms with Crippen molar-refractivity contribution in [2.75, 3.05) is 0 Å². The summed E-state index contributed by atoms with van der Waals surface area (Å²) in [6.45, 7) is 11.0. The predicted molar refractivity (Wildman–Crippen MR) is 114 cm³/mol. The lowest BCUT2D eigenvalue weighted by Gasteiger charge is -2.47. The van der Waals surface area contributed by atoms with Gasteiger partial charge in [-0.1, -0.05) is 51.6 Å². The number of hydrogen-bond donors (Lipinski definition) is 2. The molecule has 1 heterocycles. The van der Waals surface area contributed by atoms with Gasteiger partial charge in [-0.2, -0.15) is 0 Å². The van der Waals surface area contributed by atoms with E-state index >= 15 is 0 Å². The Kier molecular flexibility index (Phi) is 5.97. The Bertz CT molecular complexity index is 736. The standard InChI is InChI=1S/C24H37NO3/c1-6-7-8-9-12-23(2,3)16-13-20(26)22-18-15-17(25-27)10-11-19(18)24(4,5)28-21(22)14-16/h13-14,18-19,26-27H,6-12,15H2,1-5H3/b25-17+. The van der Waals surface area contributed by atoms with Crippen LogP contribution in [0.25, 0.3) is 0 Å². The summed E-state index contributed by atoms with van der Waals surface area (Å²) < 4.78 is 6.45. The van der Waals surface area contributed by atoms with Gasteiger partial charge in [0.1, 0.15) is 17.1 Å². The van der Waals surface area contributed by atoms with Crippen LogP contribution in [0.2, 0.25) is 0 Å². The summed E-state index contributed by atoms with van der Waals surface area (Å²) in [6.07, 6.45) is 8.48. The highest BCUT2D eigenvalue weighted by atomic mass is 16.5. The maximum absolute atomic E-state index is 11.0. The molecule has 1 aromatic rings. The zero-order valence-corrected chi connectivity index (χ0v) is 18.2. The van der Waals surface area contributed by atoms with Gasteiger partial charge in [0.25, 0.3) is 0 Å². The average molecular weight is 388 g/mol. The minimum atomic E-state index is -0.297. The van der Waals surface area contributed by atoms with Crippen LogP contribution in [0.15, 0.2) is 17.3 Å². The Labute approximate surface area is 170 Å². The first kappa shape index (κ1) is 21.0. The normalized spacial score (nSPS) is 25.1. The van der Waals surface area contributed by atoms with E-state index in [1.54, 1.807) is 0 Å². The molecule has 1 aliphatic carbocycles. The topological polar surface area (TPSA) is 62.0 Å². The molecule has 3 rings (SSSR count). The molecule has 1 fully saturated rings. The molecule has 0 saturated heterocycles. The van der Waals surface area contributed by atoms with Gasteiger partial charge in [-0.3, -0.25) is 0 Å². The van der Waals surface area contributed by atoms with E-state index in [2.05, 4.69) is 45.8 Å². The lowest BCUT2D eigenvalue weighted by atomic mass is 9.65. The fourth-order valence-electron chi connectivity index (χ4n) is 5.20. The molecule has 0 amide bonds. The number of phenolic OH excluding ortho intramolecular Hbond substituents is 1. The van der Waals surface area contributed by atoms with Crippen molar-refractivity contribution < 1.29 is 15.1 Å². The average Bonchev–Trinajstić information content (AvgIpc) is 2.63. The van der Waals surface area contributed by atoms with E-state index in [9.17, 15) is 10.3 Å². The molecule has 2 N–H and O–H groups in total. The molecule has 4 nitrogen and oxygen atoms in total. The SMILES string of the molecule is CCCCCCC(C)(C)c1cc(O)c2c(c1)OC(C)(C)C1CC/C(=N\O)CC21. The van der Waals surface area contributed by atoms with Crippen LogP contribution in [0, 0.1) is 5.92 Å². The number of rotatable bonds is 6. The van der Waals surface area contributed by atoms with Crippen molar-refractivity contribution in [2.24, 2.45) is 11.1 Å². The van der Waals surface area contributed by atoms with Gasteiger partial charge < -0.3 is 15.1 Å². The van der Waals surface area contributed by atoms with Gasteiger partial charge in [0, 0.05) is 17.4 Å². The van der Waals surface area contributed by atoms with Crippen molar-refractivity contribution in [1.29, 1.82) is 0 Å². The van der Waals surface area contributed by atoms with Crippen molar-refractivity contribution >= 4 is 5.71 Å². The monoisotopic (exact) mass is 387 g/mol. The fourth-order valence-corrected chi connectivity index (χ4v) is 5.20. The second-order valence-corrected chi connectivity index (χ2v) is 9.93. The Morgan fingerprint density at radius 1 is 1.21 bits per heavy atom. The number of nitrogens with zero attached hydrogens (tertiary/aromatic N) is 1. The van der Waals surface area contributed by atoms with Gasteiger partial charge in [-0.25, -0.2) is 0 Å². The first-order valence-corrected chi connectivity index (χ1v) is 11.0. The van der Waals surface area contributed by atoms with Crippen molar-refractivity contribution in [2.45, 2.75) is 103 Å². The molecule has 4 heteroatoms. The summed E-state index contributed by atoms with van der Waals surface area (Å²) in [5.74, 6) is 1.59. The Balaban J connectivity index is 1.93. The summed E-state index contributed by atoms with van der Waals surface area (Å²) in [4.78, 5) is 0. The van der Waals surface area contributed by atoms with Crippen molar-refractivity contribution in [3.63, 3.8) is 0 Å². The largest absolute Gasteiger partial charge is 0.508 e. The number of aromatic hydroxyl groups is 1. The van der Waals surface area contributed by atoms with E-state index in [1.807, 2.05) is 6.07 Å². The van der Waals surface area contributed by atoms with E-state index in [1.165, 1.54) is 25.7 Å². The molecule has 0 spiro atoms. The molecule has 1 aliphatic heterocycles. The number of oxime groups is 1. The third-order valence-electron chi connectivity index (χ3n) is 7.02. The van der Waals surface area contributed by atoms with Gasteiger partial charge in [0.15, 0.2) is 0 Å². The van der Waals surface area contributed by atoms with Gasteiger partial charge in [0.2, 0.25) is 0 Å². The molecular weight excluding hydrogens is 350 g/mol. The summed E-state index contributed by atoms with van der Waals surface area (Å²) >= 11 is 0. The number of unbranched alkanes of at least 4 members (excludes halogenated alkanes) is 3. The third kappa shape index (κ3) is 4.01. The van der Waals surface area contributed by atoms with Crippen LogP contribution in [-0.4, -0.2) is 21.6 Å². The predicted octanol–water partition coefficient (Wildman–Crippen LogP) is 6.53. The molecule has 1 aromatic carbocycles. The maximum atomic E-state index is 11.0. The minimum Gasteiger partial charge on any atom is -0.508 e. The van der Waals surface area contributed by atoms with E-state index in [0.717, 1.165) is 41.9 Å². The van der Waals surface area contributed by atoms with Crippen LogP contribution in [0.5, 0.6) is 11.5 Å². The van der Waals surface area contributed by atoms with Gasteiger partial charge in [-0.15, -0.1) is 0 Å². The summed E-state index contributed by atoms with van der Waals surface area (Å²) in [7, 11) is 0. The molecule has 2 aliphatic rings. The highest BCUT2D eigenvalue weighted by molar-refractivity contribution is 5.86. The van der Waals surface area contributed by atoms with Crippen molar-refractivity contribution in [3.05, 3.63) is 23.3 Å². The van der Waals surface area contributed by atoms with Crippen LogP contribution in [0.1, 0.15) is 103 Å². The van der Waals surface area contributed by atoms with Gasteiger partial charge >= 0.3 is 0 Å². The number of ether oxygens (including phenoxy) is 1. The lowest BCUT2D eigenvalue weighted by molar-refractivity contribution is 0.00284. The quantitative estimate of drug-likeness (QED) is 0.331. The van der Waals surface area contributed by atoms with Crippen LogP contribution in [-0.2, 0) is 5.41 Å². The maximum Gasteiger partial charge on any atom is 0.127 e. The second-order valence-electron chi connectivity index (χ2n) is 9.93. The Morgan fingerprint density at radius 3 is 2.64 bits per heavy atom. The first-order valence-electron chi connectivity index (χ1n) is 11.0. The number of hydrogen-bond acceptors (Lipinski definition) is 4. The van der Waals surface area contributed by atoms with Gasteiger partial charge in [-0.05, 0) is 62.6 Å². The van der Waals surface area contributed by atoms with Crippen molar-refractivity contribution in [3.8, 4) is 11.5 Å². The summed E-state index contributed by atoms with van der Waals surface area (Å²) in [6, 6.07) is 4.10. The van der Waals surface area contributed by atoms with Crippen molar-refractivity contribution in [1.82, 2.24) is 0 Å². The molecule has 0 aromatic heterocycles. The molecule has 28 heavy (non-hydrogen) atoms. The Morgan fingerprint density at radius 2 is 1.96 bits per heavy atom. The first-order chi connectivity index (χ1) is 13.2. The van der Waals surface area contributed by atoms with Crippen LogP contribution in [0.3, 0.4) is 0 Å². The van der Waals surface area contributed by atoms with Crippen LogP contribution in [0.4, 0.5) is 0 Å². The zero-order chi connectivity index (χ0) is 20.5. The second kappa shape index (κ2) is 7.96. The Hall–Kier alpha value is -1.71. The molecule has 0 bridgehead atoms. The fraction of sp³-hybridized carbons (Fsp3) is 0.708. The lowest BCUT2D eigenvalue weighted by Crippen LogP contribution is -2.47. The smallest absolute Gasteiger partial charge is 0.127 e. The zero-order valence-electron chi connectivity index (χ0n) is 18.2. The van der Waals surface area contributed by atoms with E-state index < -0.39 is 0 Å². The molecule has 2 unspecified atom stereocenters. The van der Waals surface area contributed by atoms with Gasteiger partial charge in [0.05, 0.1) is 5.71 Å². The van der Waals surface area contributed by atoms with Crippen LogP contribution < -0.4 is 4.74 Å².